The third-order valence-corrected chi connectivity index (χ3v) is 3.39. The summed E-state index contributed by atoms with van der Waals surface area (Å²) in [6, 6.07) is 3.58. The smallest absolute Gasteiger partial charge is 0.304 e. The van der Waals surface area contributed by atoms with Crippen molar-refractivity contribution in [1.29, 1.82) is 0 Å². The molecule has 0 aromatic carbocycles. The molecular weight excluding hydrogens is 282 g/mol. The lowest BCUT2D eigenvalue weighted by molar-refractivity contribution is -0.136. The quantitative estimate of drug-likeness (QED) is 0.894. The van der Waals surface area contributed by atoms with Crippen LogP contribution < -0.4 is 0 Å². The van der Waals surface area contributed by atoms with E-state index in [-0.39, 0.29) is 12.2 Å². The van der Waals surface area contributed by atoms with E-state index < -0.39 is 16.8 Å². The molecular formula is C9H10BrNO3S. The minimum Gasteiger partial charge on any atom is -0.481 e. The van der Waals surface area contributed by atoms with Gasteiger partial charge < -0.3 is 5.11 Å². The minimum absolute atomic E-state index is 0.0663. The normalized spacial score (nSPS) is 12.3. The minimum atomic E-state index is -1.16. The first-order valence-electron chi connectivity index (χ1n) is 4.25. The Labute approximate surface area is 98.3 Å². The molecule has 0 spiro atoms. The molecule has 0 amide bonds. The summed E-state index contributed by atoms with van der Waals surface area (Å²) in [6.45, 7) is 0. The lowest BCUT2D eigenvalue weighted by Gasteiger charge is -2.00. The largest absolute Gasteiger partial charge is 0.481 e. The summed E-state index contributed by atoms with van der Waals surface area (Å²) in [5.74, 6) is -0.444. The number of nitrogens with zero attached hydrogens (tertiary/aromatic N) is 1. The Morgan fingerprint density at radius 3 is 2.80 bits per heavy atom. The van der Waals surface area contributed by atoms with Crippen LogP contribution in [0.15, 0.2) is 22.8 Å². The van der Waals surface area contributed by atoms with Gasteiger partial charge in [-0.25, -0.2) is 0 Å². The maximum absolute atomic E-state index is 11.4. The highest BCUT2D eigenvalue weighted by Crippen LogP contribution is 2.08. The molecule has 1 atom stereocenters. The predicted octanol–water partition coefficient (Wildman–Crippen LogP) is 1.57. The number of halogens is 1. The Balaban J connectivity index is 2.44. The van der Waals surface area contributed by atoms with E-state index in [0.29, 0.717) is 11.4 Å². The average Bonchev–Trinajstić information content (AvgIpc) is 2.19. The SMILES string of the molecule is O=C(O)CCS(=O)Cc1ccc(Br)cn1. The van der Waals surface area contributed by atoms with E-state index in [1.807, 2.05) is 6.07 Å². The van der Waals surface area contributed by atoms with Crippen LogP contribution in [0.1, 0.15) is 12.1 Å². The van der Waals surface area contributed by atoms with Crippen LogP contribution in [0.25, 0.3) is 0 Å². The van der Waals surface area contributed by atoms with Gasteiger partial charge in [-0.2, -0.15) is 0 Å². The molecule has 0 fully saturated rings. The van der Waals surface area contributed by atoms with Crippen LogP contribution in [-0.4, -0.2) is 26.0 Å². The summed E-state index contributed by atoms with van der Waals surface area (Å²) in [4.78, 5) is 14.3. The van der Waals surface area contributed by atoms with E-state index in [2.05, 4.69) is 20.9 Å². The zero-order valence-corrected chi connectivity index (χ0v) is 10.3. The summed E-state index contributed by atoms with van der Waals surface area (Å²) in [7, 11) is -1.16. The molecule has 0 aliphatic carbocycles. The molecule has 0 aliphatic heterocycles. The fourth-order valence-electron chi connectivity index (χ4n) is 0.930. The highest BCUT2D eigenvalue weighted by Gasteiger charge is 2.05. The average molecular weight is 292 g/mol. The Morgan fingerprint density at radius 2 is 2.27 bits per heavy atom. The van der Waals surface area contributed by atoms with Crippen molar-refractivity contribution in [3.8, 4) is 0 Å². The van der Waals surface area contributed by atoms with Crippen molar-refractivity contribution in [2.24, 2.45) is 0 Å². The number of carboxylic acids is 1. The van der Waals surface area contributed by atoms with Gasteiger partial charge in [0.2, 0.25) is 0 Å². The van der Waals surface area contributed by atoms with Gasteiger partial charge >= 0.3 is 5.97 Å². The van der Waals surface area contributed by atoms with Gasteiger partial charge in [0.05, 0.1) is 17.9 Å². The van der Waals surface area contributed by atoms with E-state index in [4.69, 9.17) is 5.11 Å². The van der Waals surface area contributed by atoms with Gasteiger partial charge in [0, 0.05) is 27.2 Å². The van der Waals surface area contributed by atoms with E-state index in [1.165, 1.54) is 0 Å². The molecule has 1 heterocycles. The van der Waals surface area contributed by atoms with Gasteiger partial charge in [0.1, 0.15) is 0 Å². The highest BCUT2D eigenvalue weighted by atomic mass is 79.9. The maximum atomic E-state index is 11.4. The molecule has 1 rings (SSSR count). The highest BCUT2D eigenvalue weighted by molar-refractivity contribution is 9.10. The number of rotatable bonds is 5. The summed E-state index contributed by atoms with van der Waals surface area (Å²) >= 11 is 3.25. The van der Waals surface area contributed by atoms with Gasteiger partial charge in [-0.1, -0.05) is 0 Å². The Morgan fingerprint density at radius 1 is 1.53 bits per heavy atom. The lowest BCUT2D eigenvalue weighted by Crippen LogP contribution is -2.07. The maximum Gasteiger partial charge on any atom is 0.304 e. The van der Waals surface area contributed by atoms with Crippen LogP contribution in [-0.2, 0) is 21.3 Å². The predicted molar refractivity (Wildman–Crippen MR) is 60.9 cm³/mol. The van der Waals surface area contributed by atoms with Crippen molar-refractivity contribution in [3.63, 3.8) is 0 Å². The Hall–Kier alpha value is -0.750. The van der Waals surface area contributed by atoms with Crippen molar-refractivity contribution in [1.82, 2.24) is 4.98 Å². The van der Waals surface area contributed by atoms with Crippen molar-refractivity contribution in [2.75, 3.05) is 5.75 Å². The molecule has 0 saturated carbocycles. The van der Waals surface area contributed by atoms with Crippen LogP contribution in [0, 0.1) is 0 Å². The topological polar surface area (TPSA) is 67.3 Å². The molecule has 82 valence electrons. The van der Waals surface area contributed by atoms with Crippen LogP contribution in [0.2, 0.25) is 0 Å². The summed E-state index contributed by atoms with van der Waals surface area (Å²) < 4.78 is 12.3. The molecule has 4 nitrogen and oxygen atoms in total. The molecule has 0 saturated heterocycles. The molecule has 1 unspecified atom stereocenters. The van der Waals surface area contributed by atoms with E-state index in [9.17, 15) is 9.00 Å². The number of hydrogen-bond donors (Lipinski definition) is 1. The molecule has 0 bridgehead atoms. The zero-order chi connectivity index (χ0) is 11.3. The second kappa shape index (κ2) is 5.97. The van der Waals surface area contributed by atoms with Crippen LogP contribution in [0.5, 0.6) is 0 Å². The number of pyridine rings is 1. The first-order valence-corrected chi connectivity index (χ1v) is 6.53. The van der Waals surface area contributed by atoms with Gasteiger partial charge in [-0.05, 0) is 28.1 Å². The lowest BCUT2D eigenvalue weighted by atomic mass is 10.4. The third-order valence-electron chi connectivity index (χ3n) is 1.64. The molecule has 0 radical (unpaired) electrons. The number of aliphatic carboxylic acids is 1. The molecule has 1 aromatic heterocycles. The van der Waals surface area contributed by atoms with Crippen LogP contribution >= 0.6 is 15.9 Å². The summed E-state index contributed by atoms with van der Waals surface area (Å²) in [6.07, 6.45) is 1.56. The molecule has 1 N–H and O–H groups in total. The third kappa shape index (κ3) is 5.03. The Kier molecular flexibility index (Phi) is 4.90. The monoisotopic (exact) mass is 291 g/mol. The standard InChI is InChI=1S/C9H10BrNO3S/c10-7-1-2-8(11-5-7)6-15(14)4-3-9(12)13/h1-2,5H,3-4,6H2,(H,12,13). The number of aromatic nitrogens is 1. The summed E-state index contributed by atoms with van der Waals surface area (Å²) in [5.41, 5.74) is 0.710. The second-order valence-corrected chi connectivity index (χ2v) is 5.39. The zero-order valence-electron chi connectivity index (χ0n) is 7.85. The van der Waals surface area contributed by atoms with Crippen LogP contribution in [0.4, 0.5) is 0 Å². The molecule has 1 aromatic rings. The molecule has 6 heteroatoms. The van der Waals surface area contributed by atoms with Crippen LogP contribution in [0.3, 0.4) is 0 Å². The van der Waals surface area contributed by atoms with Gasteiger partial charge in [-0.3, -0.25) is 14.0 Å². The fourth-order valence-corrected chi connectivity index (χ4v) is 2.21. The van der Waals surface area contributed by atoms with Gasteiger partial charge in [-0.15, -0.1) is 0 Å². The second-order valence-electron chi connectivity index (χ2n) is 2.90. The van der Waals surface area contributed by atoms with Gasteiger partial charge in [0.15, 0.2) is 0 Å². The number of carboxylic acid groups (broad SMARTS) is 1. The van der Waals surface area contributed by atoms with Crippen molar-refractivity contribution in [2.45, 2.75) is 12.2 Å². The van der Waals surface area contributed by atoms with Crippen molar-refractivity contribution >= 4 is 32.7 Å². The van der Waals surface area contributed by atoms with E-state index in [0.717, 1.165) is 4.47 Å². The van der Waals surface area contributed by atoms with Crippen molar-refractivity contribution < 1.29 is 14.1 Å². The number of hydrogen-bond acceptors (Lipinski definition) is 3. The first-order chi connectivity index (χ1) is 7.08. The molecule has 0 aliphatic rings. The molecule has 15 heavy (non-hydrogen) atoms. The van der Waals surface area contributed by atoms with Crippen molar-refractivity contribution in [3.05, 3.63) is 28.5 Å². The first kappa shape index (κ1) is 12.3. The van der Waals surface area contributed by atoms with Gasteiger partial charge in [0.25, 0.3) is 0 Å². The Bertz CT molecular complexity index is 366. The summed E-state index contributed by atoms with van der Waals surface area (Å²) in [5, 5.41) is 8.41. The number of carbonyl (C=O) groups is 1. The fraction of sp³-hybridized carbons (Fsp3) is 0.333. The van der Waals surface area contributed by atoms with E-state index in [1.54, 1.807) is 12.3 Å². The van der Waals surface area contributed by atoms with E-state index >= 15 is 0 Å².